The Morgan fingerprint density at radius 1 is 0.950 bits per heavy atom. The Hall–Kier alpha value is -0.380. The molecule has 1 N–H and O–H groups in total. The van der Waals surface area contributed by atoms with Crippen molar-refractivity contribution < 1.29 is 14.6 Å². The zero-order valence-electron chi connectivity index (χ0n) is 12.9. The van der Waals surface area contributed by atoms with E-state index in [1.54, 1.807) is 0 Å². The van der Waals surface area contributed by atoms with Crippen molar-refractivity contribution >= 4 is 0 Å². The van der Waals surface area contributed by atoms with Crippen LogP contribution >= 0.6 is 0 Å². The molecule has 0 saturated carbocycles. The molecular weight excluding hydrogens is 252 g/mol. The molecule has 1 heterocycles. The minimum atomic E-state index is 0.0782. The minimum absolute atomic E-state index is 0.0782. The number of aliphatic hydroxyl groups excluding tert-OH is 1. The second-order valence-electron chi connectivity index (χ2n) is 5.56. The van der Waals surface area contributed by atoms with Crippen LogP contribution in [0.2, 0.25) is 0 Å². The molecule has 0 spiro atoms. The summed E-state index contributed by atoms with van der Waals surface area (Å²) in [4.78, 5) is 0. The van der Waals surface area contributed by atoms with Crippen molar-refractivity contribution in [1.29, 1.82) is 0 Å². The number of ether oxygens (including phenoxy) is 2. The van der Waals surface area contributed by atoms with E-state index in [4.69, 9.17) is 14.6 Å². The summed E-state index contributed by atoms with van der Waals surface area (Å²) in [7, 11) is 0. The Morgan fingerprint density at radius 3 is 2.45 bits per heavy atom. The van der Waals surface area contributed by atoms with Gasteiger partial charge in [0.05, 0.1) is 0 Å². The van der Waals surface area contributed by atoms with Gasteiger partial charge in [0.1, 0.15) is 0 Å². The second kappa shape index (κ2) is 13.6. The molecular formula is C17H32O3. The highest BCUT2D eigenvalue weighted by Gasteiger charge is 2.13. The summed E-state index contributed by atoms with van der Waals surface area (Å²) >= 11 is 0. The van der Waals surface area contributed by atoms with Crippen LogP contribution in [-0.4, -0.2) is 31.2 Å². The zero-order chi connectivity index (χ0) is 14.3. The number of allylic oxidation sites excluding steroid dienone is 1. The summed E-state index contributed by atoms with van der Waals surface area (Å²) in [6, 6.07) is 0. The summed E-state index contributed by atoms with van der Waals surface area (Å²) < 4.78 is 11.2. The average Bonchev–Trinajstić information content (AvgIpc) is 2.49. The monoisotopic (exact) mass is 284 g/mol. The summed E-state index contributed by atoms with van der Waals surface area (Å²) in [5, 5.41) is 8.62. The largest absolute Gasteiger partial charge is 0.396 e. The van der Waals surface area contributed by atoms with E-state index in [-0.39, 0.29) is 12.9 Å². The first-order valence-corrected chi connectivity index (χ1v) is 8.42. The van der Waals surface area contributed by atoms with Crippen molar-refractivity contribution in [2.24, 2.45) is 0 Å². The molecule has 0 aromatic rings. The Kier molecular flexibility index (Phi) is 12.0. The van der Waals surface area contributed by atoms with E-state index >= 15 is 0 Å². The maximum Gasteiger partial charge on any atom is 0.157 e. The highest BCUT2D eigenvalue weighted by Crippen LogP contribution is 2.14. The Morgan fingerprint density at radius 2 is 1.70 bits per heavy atom. The number of unbranched alkanes of at least 4 members (excludes halogenated alkanes) is 6. The van der Waals surface area contributed by atoms with Crippen molar-refractivity contribution in [2.75, 3.05) is 19.8 Å². The van der Waals surface area contributed by atoms with Gasteiger partial charge in [-0.15, -0.1) is 0 Å². The van der Waals surface area contributed by atoms with Crippen LogP contribution in [0, 0.1) is 0 Å². The fraction of sp³-hybridized carbons (Fsp3) is 0.882. The molecule has 0 amide bonds. The topological polar surface area (TPSA) is 38.7 Å². The molecule has 1 saturated heterocycles. The van der Waals surface area contributed by atoms with Crippen molar-refractivity contribution in [3.63, 3.8) is 0 Å². The summed E-state index contributed by atoms with van der Waals surface area (Å²) in [6.07, 6.45) is 17.5. The standard InChI is InChI=1S/C17H32O3/c18-14-10-7-5-3-1-2-4-6-8-11-15-19-17-13-9-12-16-20-17/h5,7,17-18H,1-4,6,8-16H2/b7-5-. The van der Waals surface area contributed by atoms with Crippen LogP contribution in [0.4, 0.5) is 0 Å². The normalized spacial score (nSPS) is 19.8. The third-order valence-corrected chi connectivity index (χ3v) is 3.67. The van der Waals surface area contributed by atoms with Crippen LogP contribution in [0.15, 0.2) is 12.2 Å². The summed E-state index contributed by atoms with van der Waals surface area (Å²) in [5.41, 5.74) is 0. The van der Waals surface area contributed by atoms with Gasteiger partial charge in [-0.3, -0.25) is 0 Å². The predicted molar refractivity (Wildman–Crippen MR) is 82.7 cm³/mol. The lowest BCUT2D eigenvalue weighted by atomic mass is 10.1. The van der Waals surface area contributed by atoms with Gasteiger partial charge in [0.25, 0.3) is 0 Å². The Balaban J connectivity index is 1.74. The van der Waals surface area contributed by atoms with E-state index in [9.17, 15) is 0 Å². The summed E-state index contributed by atoms with van der Waals surface area (Å²) in [5.74, 6) is 0. The van der Waals surface area contributed by atoms with E-state index in [1.165, 1.54) is 44.9 Å². The molecule has 3 heteroatoms. The maximum absolute atomic E-state index is 8.62. The van der Waals surface area contributed by atoms with E-state index < -0.39 is 0 Å². The van der Waals surface area contributed by atoms with Gasteiger partial charge in [-0.05, 0) is 44.9 Å². The first-order chi connectivity index (χ1) is 9.93. The average molecular weight is 284 g/mol. The Bertz CT molecular complexity index is 222. The van der Waals surface area contributed by atoms with Crippen LogP contribution in [0.1, 0.15) is 70.6 Å². The maximum atomic E-state index is 8.62. The minimum Gasteiger partial charge on any atom is -0.396 e. The molecule has 1 unspecified atom stereocenters. The van der Waals surface area contributed by atoms with Crippen molar-refractivity contribution in [3.8, 4) is 0 Å². The van der Waals surface area contributed by atoms with E-state index in [2.05, 4.69) is 12.2 Å². The molecule has 3 nitrogen and oxygen atoms in total. The van der Waals surface area contributed by atoms with Gasteiger partial charge in [0.2, 0.25) is 0 Å². The molecule has 0 aliphatic carbocycles. The molecule has 0 aromatic carbocycles. The van der Waals surface area contributed by atoms with Gasteiger partial charge < -0.3 is 14.6 Å². The first-order valence-electron chi connectivity index (χ1n) is 8.42. The lowest BCUT2D eigenvalue weighted by molar-refractivity contribution is -0.162. The van der Waals surface area contributed by atoms with Crippen molar-refractivity contribution in [3.05, 3.63) is 12.2 Å². The van der Waals surface area contributed by atoms with Gasteiger partial charge in [-0.25, -0.2) is 0 Å². The third-order valence-electron chi connectivity index (χ3n) is 3.67. The quantitative estimate of drug-likeness (QED) is 0.431. The van der Waals surface area contributed by atoms with Crippen LogP contribution in [0.5, 0.6) is 0 Å². The van der Waals surface area contributed by atoms with Crippen LogP contribution < -0.4 is 0 Å². The molecule has 0 bridgehead atoms. The molecule has 1 fully saturated rings. The van der Waals surface area contributed by atoms with Gasteiger partial charge >= 0.3 is 0 Å². The SMILES string of the molecule is OCC/C=C\CCCCCCCCOC1CCCCO1. The summed E-state index contributed by atoms with van der Waals surface area (Å²) in [6.45, 7) is 2.00. The molecule has 1 aliphatic heterocycles. The number of hydrogen-bond donors (Lipinski definition) is 1. The van der Waals surface area contributed by atoms with Gasteiger partial charge in [0.15, 0.2) is 6.29 Å². The van der Waals surface area contributed by atoms with E-state index in [0.29, 0.717) is 0 Å². The number of hydrogen-bond acceptors (Lipinski definition) is 3. The molecule has 118 valence electrons. The van der Waals surface area contributed by atoms with Gasteiger partial charge in [-0.2, -0.15) is 0 Å². The zero-order valence-corrected chi connectivity index (χ0v) is 12.9. The third kappa shape index (κ3) is 10.4. The smallest absolute Gasteiger partial charge is 0.157 e. The second-order valence-corrected chi connectivity index (χ2v) is 5.56. The highest BCUT2D eigenvalue weighted by molar-refractivity contribution is 4.80. The van der Waals surface area contributed by atoms with E-state index in [0.717, 1.165) is 38.9 Å². The predicted octanol–water partition coefficient (Wildman–Crippen LogP) is 4.20. The molecule has 0 aromatic heterocycles. The fourth-order valence-electron chi connectivity index (χ4n) is 2.44. The lowest BCUT2D eigenvalue weighted by Crippen LogP contribution is -2.22. The lowest BCUT2D eigenvalue weighted by Gasteiger charge is -2.22. The van der Waals surface area contributed by atoms with Crippen LogP contribution in [-0.2, 0) is 9.47 Å². The number of rotatable bonds is 12. The van der Waals surface area contributed by atoms with Crippen LogP contribution in [0.25, 0.3) is 0 Å². The van der Waals surface area contributed by atoms with E-state index in [1.807, 2.05) is 0 Å². The van der Waals surface area contributed by atoms with Gasteiger partial charge in [-0.1, -0.05) is 37.8 Å². The first kappa shape index (κ1) is 17.7. The molecule has 1 aliphatic rings. The molecule has 1 atom stereocenters. The number of aliphatic hydroxyl groups is 1. The van der Waals surface area contributed by atoms with Crippen molar-refractivity contribution in [1.82, 2.24) is 0 Å². The molecule has 1 rings (SSSR count). The molecule has 0 radical (unpaired) electrons. The van der Waals surface area contributed by atoms with Gasteiger partial charge in [0, 0.05) is 19.8 Å². The molecule has 20 heavy (non-hydrogen) atoms. The fourth-order valence-corrected chi connectivity index (χ4v) is 2.44. The Labute approximate surface area is 124 Å². The highest BCUT2D eigenvalue weighted by atomic mass is 16.7. The van der Waals surface area contributed by atoms with Crippen molar-refractivity contribution in [2.45, 2.75) is 76.9 Å². The van der Waals surface area contributed by atoms with Crippen LogP contribution in [0.3, 0.4) is 0 Å².